The molecule has 3 rings (SSSR count). The maximum Gasteiger partial charge on any atom is 0.281 e. The van der Waals surface area contributed by atoms with Crippen LogP contribution in [-0.4, -0.2) is 64.0 Å². The normalized spacial score (nSPS) is 17.1. The highest BCUT2D eigenvalue weighted by Gasteiger charge is 2.30. The first-order chi connectivity index (χ1) is 12.4. The second-order valence-corrected chi connectivity index (χ2v) is 8.92. The monoisotopic (exact) mass is 378 g/mol. The van der Waals surface area contributed by atoms with Gasteiger partial charge in [-0.15, -0.1) is 0 Å². The third kappa shape index (κ3) is 3.94. The first kappa shape index (κ1) is 18.9. The number of nitrogens with zero attached hydrogens (tertiary/aromatic N) is 6. The van der Waals surface area contributed by atoms with Gasteiger partial charge in [-0.1, -0.05) is 0 Å². The zero-order chi connectivity index (χ0) is 18.7. The highest BCUT2D eigenvalue weighted by atomic mass is 32.2. The Kier molecular flexibility index (Phi) is 5.69. The number of hydrogen-bond acceptors (Lipinski definition) is 5. The molecule has 0 aliphatic carbocycles. The number of aromatic nitrogens is 4. The molecule has 0 unspecified atom stereocenters. The molecule has 0 radical (unpaired) electrons. The molecule has 8 nitrogen and oxygen atoms in total. The molecule has 0 amide bonds. The van der Waals surface area contributed by atoms with Gasteiger partial charge in [0.1, 0.15) is 0 Å². The SMILES string of the molecule is CCn1cc(-c2nccnc2CC2CCN(S(=O)(=O)N(C)C)CC2)cn1. The molecular formula is C17H26N6O2S. The Balaban J connectivity index is 1.70. The lowest BCUT2D eigenvalue weighted by Crippen LogP contribution is -2.44. The zero-order valence-corrected chi connectivity index (χ0v) is 16.4. The van der Waals surface area contributed by atoms with Crippen molar-refractivity contribution < 1.29 is 8.42 Å². The van der Waals surface area contributed by atoms with Gasteiger partial charge in [0.2, 0.25) is 0 Å². The van der Waals surface area contributed by atoms with Crippen LogP contribution in [0.5, 0.6) is 0 Å². The number of rotatable bonds is 6. The summed E-state index contributed by atoms with van der Waals surface area (Å²) in [7, 11) is -0.174. The highest BCUT2D eigenvalue weighted by Crippen LogP contribution is 2.27. The summed E-state index contributed by atoms with van der Waals surface area (Å²) in [6.07, 6.45) is 9.69. The molecule has 1 fully saturated rings. The average molecular weight is 379 g/mol. The molecule has 0 N–H and O–H groups in total. The van der Waals surface area contributed by atoms with E-state index < -0.39 is 10.2 Å². The molecule has 26 heavy (non-hydrogen) atoms. The molecule has 2 aromatic heterocycles. The first-order valence-corrected chi connectivity index (χ1v) is 10.3. The molecule has 3 heterocycles. The summed E-state index contributed by atoms with van der Waals surface area (Å²) in [5.41, 5.74) is 2.80. The van der Waals surface area contributed by atoms with E-state index in [0.29, 0.717) is 19.0 Å². The minimum absolute atomic E-state index is 0.403. The molecule has 1 aliphatic rings. The van der Waals surface area contributed by atoms with Crippen molar-refractivity contribution in [3.05, 3.63) is 30.5 Å². The van der Waals surface area contributed by atoms with Crippen molar-refractivity contribution in [1.82, 2.24) is 28.4 Å². The van der Waals surface area contributed by atoms with Crippen molar-refractivity contribution in [2.45, 2.75) is 32.7 Å². The van der Waals surface area contributed by atoms with Crippen molar-refractivity contribution in [2.24, 2.45) is 5.92 Å². The summed E-state index contributed by atoms with van der Waals surface area (Å²) in [5.74, 6) is 0.403. The third-order valence-electron chi connectivity index (χ3n) is 4.85. The molecule has 0 bridgehead atoms. The number of hydrogen-bond donors (Lipinski definition) is 0. The van der Waals surface area contributed by atoms with Gasteiger partial charge in [-0.25, -0.2) is 0 Å². The van der Waals surface area contributed by atoms with E-state index in [-0.39, 0.29) is 0 Å². The molecule has 1 saturated heterocycles. The molecule has 0 saturated carbocycles. The van der Waals surface area contributed by atoms with Crippen LogP contribution in [-0.2, 0) is 23.2 Å². The first-order valence-electron chi connectivity index (χ1n) is 8.92. The summed E-state index contributed by atoms with van der Waals surface area (Å²) < 4.78 is 29.2. The van der Waals surface area contributed by atoms with Gasteiger partial charge >= 0.3 is 0 Å². The summed E-state index contributed by atoms with van der Waals surface area (Å²) in [6, 6.07) is 0. The van der Waals surface area contributed by atoms with Gasteiger partial charge in [-0.2, -0.15) is 22.1 Å². The Bertz CT molecular complexity index is 840. The molecule has 2 aromatic rings. The minimum atomic E-state index is -3.32. The topological polar surface area (TPSA) is 84.2 Å². The van der Waals surface area contributed by atoms with Crippen molar-refractivity contribution in [3.8, 4) is 11.3 Å². The van der Waals surface area contributed by atoms with E-state index in [9.17, 15) is 8.42 Å². The molecule has 9 heteroatoms. The average Bonchev–Trinajstić information content (AvgIpc) is 3.11. The Morgan fingerprint density at radius 3 is 2.50 bits per heavy atom. The molecular weight excluding hydrogens is 352 g/mol. The quantitative estimate of drug-likeness (QED) is 0.759. The van der Waals surface area contributed by atoms with E-state index in [1.54, 1.807) is 30.8 Å². The van der Waals surface area contributed by atoms with Crippen molar-refractivity contribution >= 4 is 10.2 Å². The third-order valence-corrected chi connectivity index (χ3v) is 6.79. The molecule has 142 valence electrons. The van der Waals surface area contributed by atoms with Gasteiger partial charge < -0.3 is 0 Å². The second-order valence-electron chi connectivity index (χ2n) is 6.77. The molecule has 0 aromatic carbocycles. The Hall–Kier alpha value is -1.84. The fraction of sp³-hybridized carbons (Fsp3) is 0.588. The Labute approximate surface area is 155 Å². The van der Waals surface area contributed by atoms with Crippen LogP contribution >= 0.6 is 0 Å². The van der Waals surface area contributed by atoms with Gasteiger partial charge in [0.25, 0.3) is 10.2 Å². The van der Waals surface area contributed by atoms with E-state index >= 15 is 0 Å². The zero-order valence-electron chi connectivity index (χ0n) is 15.5. The highest BCUT2D eigenvalue weighted by molar-refractivity contribution is 7.86. The van der Waals surface area contributed by atoms with Crippen LogP contribution in [0, 0.1) is 5.92 Å². The lowest BCUT2D eigenvalue weighted by atomic mass is 9.92. The van der Waals surface area contributed by atoms with Crippen LogP contribution in [0.15, 0.2) is 24.8 Å². The summed E-state index contributed by atoms with van der Waals surface area (Å²) in [6.45, 7) is 3.96. The fourth-order valence-corrected chi connectivity index (χ4v) is 4.40. The van der Waals surface area contributed by atoms with Gasteiger partial charge in [0.15, 0.2) is 0 Å². The smallest absolute Gasteiger partial charge is 0.272 e. The van der Waals surface area contributed by atoms with Crippen LogP contribution in [0.4, 0.5) is 0 Å². The number of aryl methyl sites for hydroxylation is 1. The van der Waals surface area contributed by atoms with Crippen LogP contribution in [0.1, 0.15) is 25.5 Å². The van der Waals surface area contributed by atoms with Crippen LogP contribution < -0.4 is 0 Å². The van der Waals surface area contributed by atoms with E-state index in [2.05, 4.69) is 15.1 Å². The Morgan fingerprint density at radius 1 is 1.19 bits per heavy atom. The lowest BCUT2D eigenvalue weighted by Gasteiger charge is -2.32. The van der Waals surface area contributed by atoms with Crippen molar-refractivity contribution in [3.63, 3.8) is 0 Å². The maximum atomic E-state index is 12.2. The lowest BCUT2D eigenvalue weighted by molar-refractivity contribution is 0.261. The van der Waals surface area contributed by atoms with Crippen molar-refractivity contribution in [1.29, 1.82) is 0 Å². The predicted molar refractivity (Wildman–Crippen MR) is 99.5 cm³/mol. The van der Waals surface area contributed by atoms with Crippen LogP contribution in [0.25, 0.3) is 11.3 Å². The largest absolute Gasteiger partial charge is 0.281 e. The van der Waals surface area contributed by atoms with E-state index in [4.69, 9.17) is 0 Å². The van der Waals surface area contributed by atoms with Crippen molar-refractivity contribution in [2.75, 3.05) is 27.2 Å². The van der Waals surface area contributed by atoms with E-state index in [1.807, 2.05) is 24.0 Å². The fourth-order valence-electron chi connectivity index (χ4n) is 3.26. The van der Waals surface area contributed by atoms with Crippen LogP contribution in [0.2, 0.25) is 0 Å². The second kappa shape index (κ2) is 7.81. The summed E-state index contributed by atoms with van der Waals surface area (Å²) >= 11 is 0. The predicted octanol–water partition coefficient (Wildman–Crippen LogP) is 1.42. The van der Waals surface area contributed by atoms with E-state index in [0.717, 1.165) is 42.8 Å². The standard InChI is InChI=1S/C17H26N6O2S/c1-4-22-13-15(12-20-22)17-16(18-7-8-19-17)11-14-5-9-23(10-6-14)26(24,25)21(2)3/h7-8,12-14H,4-6,9-11H2,1-3H3. The van der Waals surface area contributed by atoms with Gasteiger partial charge in [0, 0.05) is 57.9 Å². The minimum Gasteiger partial charge on any atom is -0.272 e. The van der Waals surface area contributed by atoms with Gasteiger partial charge in [-0.05, 0) is 32.1 Å². The molecule has 1 aliphatic heterocycles. The van der Waals surface area contributed by atoms with E-state index in [1.165, 1.54) is 4.31 Å². The summed E-state index contributed by atoms with van der Waals surface area (Å²) in [4.78, 5) is 9.05. The Morgan fingerprint density at radius 2 is 1.88 bits per heavy atom. The molecule has 0 spiro atoms. The summed E-state index contributed by atoms with van der Waals surface area (Å²) in [5, 5.41) is 4.32. The molecule has 0 atom stereocenters. The maximum absolute atomic E-state index is 12.2. The number of piperidine rings is 1. The van der Waals surface area contributed by atoms with Gasteiger partial charge in [-0.3, -0.25) is 14.6 Å². The van der Waals surface area contributed by atoms with Gasteiger partial charge in [0.05, 0.1) is 17.6 Å². The van der Waals surface area contributed by atoms with Crippen LogP contribution in [0.3, 0.4) is 0 Å².